The molecule has 2 aromatic carbocycles. The average Bonchev–Trinajstić information content (AvgIpc) is 3.19. The summed E-state index contributed by atoms with van der Waals surface area (Å²) in [5.41, 5.74) is 2.61. The van der Waals surface area contributed by atoms with Crippen LogP contribution in [0, 0.1) is 12.8 Å². The van der Waals surface area contributed by atoms with Gasteiger partial charge in [0.05, 0.1) is 19.3 Å². The van der Waals surface area contributed by atoms with Crippen LogP contribution in [0.15, 0.2) is 53.9 Å². The van der Waals surface area contributed by atoms with E-state index in [0.717, 1.165) is 21.8 Å². The quantitative estimate of drug-likeness (QED) is 0.465. The highest BCUT2D eigenvalue weighted by molar-refractivity contribution is 7.09. The van der Waals surface area contributed by atoms with Gasteiger partial charge in [-0.1, -0.05) is 44.2 Å². The lowest BCUT2D eigenvalue weighted by Crippen LogP contribution is -2.34. The molecule has 0 atom stereocenters. The Morgan fingerprint density at radius 3 is 2.50 bits per heavy atom. The van der Waals surface area contributed by atoms with Crippen LogP contribution < -0.4 is 9.47 Å². The van der Waals surface area contributed by atoms with Gasteiger partial charge >= 0.3 is 0 Å². The molecule has 0 aliphatic heterocycles. The van der Waals surface area contributed by atoms with Crippen LogP contribution in [0.4, 0.5) is 0 Å². The molecule has 3 rings (SSSR count). The first-order valence-electron chi connectivity index (χ1n) is 10.0. The predicted octanol–water partition coefficient (Wildman–Crippen LogP) is 5.34. The molecule has 0 spiro atoms. The zero-order valence-electron chi connectivity index (χ0n) is 17.9. The summed E-state index contributed by atoms with van der Waals surface area (Å²) < 4.78 is 11.2. The fourth-order valence-electron chi connectivity index (χ4n) is 3.20. The van der Waals surface area contributed by atoms with E-state index >= 15 is 0 Å². The molecular weight excluding hydrogens is 396 g/mol. The molecule has 0 bridgehead atoms. The van der Waals surface area contributed by atoms with Gasteiger partial charge in [0.25, 0.3) is 5.91 Å². The Morgan fingerprint density at radius 1 is 1.10 bits per heavy atom. The lowest BCUT2D eigenvalue weighted by atomic mass is 10.1. The molecule has 0 fully saturated rings. The molecule has 30 heavy (non-hydrogen) atoms. The molecule has 0 unspecified atom stereocenters. The largest absolute Gasteiger partial charge is 0.493 e. The number of carbonyl (C=O) groups excluding carboxylic acids is 1. The van der Waals surface area contributed by atoms with Gasteiger partial charge in [0.2, 0.25) is 0 Å². The first kappa shape index (κ1) is 21.8. The molecule has 1 aromatic heterocycles. The SMILES string of the molecule is COc1ccccc1OCc1nc(CN(CC(C)C)C(=O)c2ccccc2C)cs1. The number of benzene rings is 2. The first-order chi connectivity index (χ1) is 14.5. The van der Waals surface area contributed by atoms with Crippen LogP contribution in [0.1, 0.15) is 40.5 Å². The van der Waals surface area contributed by atoms with E-state index in [1.165, 1.54) is 11.3 Å². The molecule has 6 heteroatoms. The molecule has 5 nitrogen and oxygen atoms in total. The number of para-hydroxylation sites is 2. The number of rotatable bonds is 9. The summed E-state index contributed by atoms with van der Waals surface area (Å²) in [6.07, 6.45) is 0. The molecule has 158 valence electrons. The fraction of sp³-hybridized carbons (Fsp3) is 0.333. The molecule has 0 radical (unpaired) electrons. The number of methoxy groups -OCH3 is 1. The van der Waals surface area contributed by atoms with Gasteiger partial charge in [-0.15, -0.1) is 11.3 Å². The zero-order valence-corrected chi connectivity index (χ0v) is 18.7. The lowest BCUT2D eigenvalue weighted by molar-refractivity contribution is 0.0720. The molecule has 1 heterocycles. The second kappa shape index (κ2) is 10.3. The normalized spacial score (nSPS) is 10.8. The second-order valence-electron chi connectivity index (χ2n) is 7.57. The van der Waals surface area contributed by atoms with E-state index in [0.29, 0.717) is 37.1 Å². The van der Waals surface area contributed by atoms with Crippen molar-refractivity contribution in [2.45, 2.75) is 33.9 Å². The van der Waals surface area contributed by atoms with Crippen LogP contribution in [0.3, 0.4) is 0 Å². The monoisotopic (exact) mass is 424 g/mol. The van der Waals surface area contributed by atoms with Crippen LogP contribution in [0.2, 0.25) is 0 Å². The highest BCUT2D eigenvalue weighted by Gasteiger charge is 2.20. The zero-order chi connectivity index (χ0) is 21.5. The number of aryl methyl sites for hydroxylation is 1. The van der Waals surface area contributed by atoms with Crippen molar-refractivity contribution in [1.29, 1.82) is 0 Å². The van der Waals surface area contributed by atoms with Crippen LogP contribution in [0.5, 0.6) is 11.5 Å². The molecule has 0 saturated carbocycles. The third-order valence-corrected chi connectivity index (χ3v) is 5.49. The van der Waals surface area contributed by atoms with E-state index < -0.39 is 0 Å². The van der Waals surface area contributed by atoms with Crippen molar-refractivity contribution in [3.05, 3.63) is 75.7 Å². The summed E-state index contributed by atoms with van der Waals surface area (Å²) in [4.78, 5) is 19.7. The molecule has 3 aromatic rings. The first-order valence-corrected chi connectivity index (χ1v) is 10.9. The minimum Gasteiger partial charge on any atom is -0.493 e. The van der Waals surface area contributed by atoms with Gasteiger partial charge in [-0.25, -0.2) is 4.98 Å². The minimum absolute atomic E-state index is 0.0432. The third-order valence-electron chi connectivity index (χ3n) is 4.62. The highest BCUT2D eigenvalue weighted by atomic mass is 32.1. The molecular formula is C24H28N2O3S. The smallest absolute Gasteiger partial charge is 0.254 e. The number of aromatic nitrogens is 1. The number of hydrogen-bond donors (Lipinski definition) is 0. The fourth-order valence-corrected chi connectivity index (χ4v) is 3.90. The predicted molar refractivity (Wildman–Crippen MR) is 120 cm³/mol. The molecule has 0 aliphatic rings. The Morgan fingerprint density at radius 2 is 1.80 bits per heavy atom. The molecule has 0 N–H and O–H groups in total. The van der Waals surface area contributed by atoms with Crippen LogP contribution in [-0.2, 0) is 13.2 Å². The maximum atomic E-state index is 13.2. The minimum atomic E-state index is 0.0432. The van der Waals surface area contributed by atoms with E-state index in [4.69, 9.17) is 9.47 Å². The van der Waals surface area contributed by atoms with E-state index in [2.05, 4.69) is 18.8 Å². The standard InChI is InChI=1S/C24H28N2O3S/c1-17(2)13-26(24(27)20-10-6-5-9-18(20)3)14-19-16-30-23(25-19)15-29-22-12-8-7-11-21(22)28-4/h5-12,16-17H,13-15H2,1-4H3. The second-order valence-corrected chi connectivity index (χ2v) is 8.51. The number of carbonyl (C=O) groups is 1. The van der Waals surface area contributed by atoms with E-state index in [1.54, 1.807) is 7.11 Å². The van der Waals surface area contributed by atoms with Crippen molar-refractivity contribution in [2.75, 3.05) is 13.7 Å². The summed E-state index contributed by atoms with van der Waals surface area (Å²) in [6.45, 7) is 7.73. The van der Waals surface area contributed by atoms with Crippen molar-refractivity contribution < 1.29 is 14.3 Å². The molecule has 0 saturated heterocycles. The maximum Gasteiger partial charge on any atom is 0.254 e. The summed E-state index contributed by atoms with van der Waals surface area (Å²) >= 11 is 1.54. The lowest BCUT2D eigenvalue weighted by Gasteiger charge is -2.24. The van der Waals surface area contributed by atoms with Crippen LogP contribution in [-0.4, -0.2) is 29.4 Å². The summed E-state index contributed by atoms with van der Waals surface area (Å²) in [5.74, 6) is 1.79. The number of nitrogens with zero attached hydrogens (tertiary/aromatic N) is 2. The summed E-state index contributed by atoms with van der Waals surface area (Å²) in [6, 6.07) is 15.3. The van der Waals surface area contributed by atoms with Crippen molar-refractivity contribution in [3.8, 4) is 11.5 Å². The van der Waals surface area contributed by atoms with E-state index in [-0.39, 0.29) is 5.91 Å². The number of amides is 1. The number of ether oxygens (including phenoxy) is 2. The van der Waals surface area contributed by atoms with Crippen LogP contribution in [0.25, 0.3) is 0 Å². The number of hydrogen-bond acceptors (Lipinski definition) is 5. The summed E-state index contributed by atoms with van der Waals surface area (Å²) in [5, 5.41) is 2.86. The van der Waals surface area contributed by atoms with Crippen molar-refractivity contribution >= 4 is 17.2 Å². The van der Waals surface area contributed by atoms with Gasteiger partial charge in [-0.3, -0.25) is 4.79 Å². The average molecular weight is 425 g/mol. The van der Waals surface area contributed by atoms with Crippen LogP contribution >= 0.6 is 11.3 Å². The van der Waals surface area contributed by atoms with Gasteiger partial charge < -0.3 is 14.4 Å². The highest BCUT2D eigenvalue weighted by Crippen LogP contribution is 2.27. The number of thiazole rings is 1. The Labute approximate surface area is 182 Å². The van der Waals surface area contributed by atoms with Crippen molar-refractivity contribution in [1.82, 2.24) is 9.88 Å². The Balaban J connectivity index is 1.69. The molecule has 0 aliphatic carbocycles. The Kier molecular flexibility index (Phi) is 7.46. The topological polar surface area (TPSA) is 51.7 Å². The Bertz CT molecular complexity index is 984. The Hall–Kier alpha value is -2.86. The van der Waals surface area contributed by atoms with Gasteiger partial charge in [0.15, 0.2) is 11.5 Å². The van der Waals surface area contributed by atoms with Crippen molar-refractivity contribution in [2.24, 2.45) is 5.92 Å². The van der Waals surface area contributed by atoms with Gasteiger partial charge in [0.1, 0.15) is 11.6 Å². The molecule has 1 amide bonds. The maximum absolute atomic E-state index is 13.2. The van der Waals surface area contributed by atoms with E-state index in [9.17, 15) is 4.79 Å². The van der Waals surface area contributed by atoms with Gasteiger partial charge in [-0.2, -0.15) is 0 Å². The summed E-state index contributed by atoms with van der Waals surface area (Å²) in [7, 11) is 1.62. The van der Waals surface area contributed by atoms with E-state index in [1.807, 2.05) is 65.7 Å². The van der Waals surface area contributed by atoms with Gasteiger partial charge in [0, 0.05) is 17.5 Å². The van der Waals surface area contributed by atoms with Crippen molar-refractivity contribution in [3.63, 3.8) is 0 Å². The third kappa shape index (κ3) is 5.60. The van der Waals surface area contributed by atoms with Gasteiger partial charge in [-0.05, 0) is 36.6 Å².